The SMILES string of the molecule is CCCSc1nnc(NC(=O)[C@H](CC)N(c2ccc(C)c(Cl)c2)S(C)(=O)=O)s1. The fraction of sp³-hybridized carbons (Fsp3) is 0.471. The molecule has 7 nitrogen and oxygen atoms in total. The molecule has 0 saturated heterocycles. The maximum Gasteiger partial charge on any atom is 0.250 e. The Morgan fingerprint density at radius 3 is 2.64 bits per heavy atom. The highest BCUT2D eigenvalue weighted by atomic mass is 35.5. The second kappa shape index (κ2) is 9.91. The van der Waals surface area contributed by atoms with Gasteiger partial charge in [0, 0.05) is 10.8 Å². The number of carbonyl (C=O) groups excluding carboxylic acids is 1. The van der Waals surface area contributed by atoms with Crippen molar-refractivity contribution in [2.45, 2.75) is 44.0 Å². The van der Waals surface area contributed by atoms with Crippen LogP contribution in [0.15, 0.2) is 22.5 Å². The lowest BCUT2D eigenvalue weighted by Gasteiger charge is -2.30. The first-order valence-corrected chi connectivity index (χ1v) is 12.7. The van der Waals surface area contributed by atoms with Crippen molar-refractivity contribution < 1.29 is 13.2 Å². The number of benzene rings is 1. The molecule has 0 bridgehead atoms. The number of aryl methyl sites for hydroxylation is 1. The number of carbonyl (C=O) groups is 1. The van der Waals surface area contributed by atoms with Gasteiger partial charge in [-0.3, -0.25) is 14.4 Å². The maximum atomic E-state index is 12.9. The lowest BCUT2D eigenvalue weighted by molar-refractivity contribution is -0.117. The van der Waals surface area contributed by atoms with Crippen LogP contribution in [0.4, 0.5) is 10.8 Å². The van der Waals surface area contributed by atoms with E-state index in [1.54, 1.807) is 36.9 Å². The molecule has 154 valence electrons. The van der Waals surface area contributed by atoms with E-state index in [0.717, 1.165) is 32.6 Å². The molecule has 1 amide bonds. The van der Waals surface area contributed by atoms with E-state index in [1.807, 2.05) is 6.92 Å². The summed E-state index contributed by atoms with van der Waals surface area (Å²) in [6, 6.07) is 3.98. The van der Waals surface area contributed by atoms with Gasteiger partial charge in [-0.05, 0) is 37.5 Å². The molecule has 1 heterocycles. The lowest BCUT2D eigenvalue weighted by atomic mass is 10.1. The van der Waals surface area contributed by atoms with Crippen LogP contribution < -0.4 is 9.62 Å². The Bertz CT molecular complexity index is 933. The average Bonchev–Trinajstić information content (AvgIpc) is 3.06. The summed E-state index contributed by atoms with van der Waals surface area (Å²) >= 11 is 9.00. The van der Waals surface area contributed by atoms with Crippen molar-refractivity contribution in [3.63, 3.8) is 0 Å². The number of rotatable bonds is 9. The number of hydrogen-bond donors (Lipinski definition) is 1. The predicted octanol–water partition coefficient (Wildman–Crippen LogP) is 4.19. The number of halogens is 1. The molecule has 0 radical (unpaired) electrons. The summed E-state index contributed by atoms with van der Waals surface area (Å²) in [7, 11) is -3.73. The van der Waals surface area contributed by atoms with Crippen molar-refractivity contribution >= 4 is 61.4 Å². The number of aromatic nitrogens is 2. The van der Waals surface area contributed by atoms with Crippen LogP contribution in [0.3, 0.4) is 0 Å². The van der Waals surface area contributed by atoms with E-state index in [4.69, 9.17) is 11.6 Å². The Labute approximate surface area is 178 Å². The fourth-order valence-corrected chi connectivity index (χ4v) is 5.53. The summed E-state index contributed by atoms with van der Waals surface area (Å²) in [5.74, 6) is 0.448. The molecule has 11 heteroatoms. The standard InChI is InChI=1S/C17H23ClN4O3S3/c1-5-9-26-17-21-20-16(27-17)19-15(23)14(6-2)22(28(4,24)25)12-8-7-11(3)13(18)10-12/h7-8,10,14H,5-6,9H2,1-4H3,(H,19,20,23)/t14-/m0/s1. The minimum Gasteiger partial charge on any atom is -0.299 e. The first-order valence-electron chi connectivity index (χ1n) is 8.70. The molecule has 0 unspecified atom stereocenters. The molecular weight excluding hydrogens is 440 g/mol. The largest absolute Gasteiger partial charge is 0.299 e. The number of nitrogens with one attached hydrogen (secondary N) is 1. The van der Waals surface area contributed by atoms with Gasteiger partial charge in [0.05, 0.1) is 11.9 Å². The van der Waals surface area contributed by atoms with Gasteiger partial charge in [-0.15, -0.1) is 10.2 Å². The molecule has 0 fully saturated rings. The van der Waals surface area contributed by atoms with Gasteiger partial charge < -0.3 is 0 Å². The van der Waals surface area contributed by atoms with Crippen LogP contribution >= 0.6 is 34.7 Å². The first kappa shape index (κ1) is 22.9. The van der Waals surface area contributed by atoms with Crippen molar-refractivity contribution in [1.29, 1.82) is 0 Å². The Kier molecular flexibility index (Phi) is 8.11. The van der Waals surface area contributed by atoms with Gasteiger partial charge in [-0.1, -0.05) is 54.6 Å². The van der Waals surface area contributed by atoms with Crippen LogP contribution in [0, 0.1) is 6.92 Å². The van der Waals surface area contributed by atoms with E-state index in [1.165, 1.54) is 11.3 Å². The molecule has 0 aliphatic carbocycles. The first-order chi connectivity index (χ1) is 13.2. The van der Waals surface area contributed by atoms with Gasteiger partial charge in [-0.2, -0.15) is 0 Å². The minimum atomic E-state index is -3.73. The van der Waals surface area contributed by atoms with Crippen molar-refractivity contribution in [3.05, 3.63) is 28.8 Å². The maximum absolute atomic E-state index is 12.9. The summed E-state index contributed by atoms with van der Waals surface area (Å²) in [5, 5.41) is 11.5. The Balaban J connectivity index is 2.28. The third kappa shape index (κ3) is 5.82. The number of thioether (sulfide) groups is 1. The van der Waals surface area contributed by atoms with Gasteiger partial charge >= 0.3 is 0 Å². The van der Waals surface area contributed by atoms with E-state index >= 15 is 0 Å². The smallest absolute Gasteiger partial charge is 0.250 e. The monoisotopic (exact) mass is 462 g/mol. The number of nitrogens with zero attached hydrogens (tertiary/aromatic N) is 3. The second-order valence-electron chi connectivity index (χ2n) is 6.13. The van der Waals surface area contributed by atoms with E-state index in [9.17, 15) is 13.2 Å². The number of sulfonamides is 1. The van der Waals surface area contributed by atoms with Crippen LogP contribution in [0.2, 0.25) is 5.02 Å². The van der Waals surface area contributed by atoms with Crippen LogP contribution in [0.5, 0.6) is 0 Å². The highest BCUT2D eigenvalue weighted by Gasteiger charge is 2.32. The van der Waals surface area contributed by atoms with Crippen molar-refractivity contribution in [2.75, 3.05) is 21.6 Å². The van der Waals surface area contributed by atoms with Crippen LogP contribution in [0.25, 0.3) is 0 Å². The third-order valence-corrected chi connectivity index (χ3v) is 7.57. The fourth-order valence-electron chi connectivity index (χ4n) is 2.48. The summed E-state index contributed by atoms with van der Waals surface area (Å²) < 4.78 is 26.8. The van der Waals surface area contributed by atoms with E-state index in [2.05, 4.69) is 22.4 Å². The molecule has 2 aromatic rings. The van der Waals surface area contributed by atoms with Gasteiger partial charge in [-0.25, -0.2) is 8.42 Å². The third-order valence-electron chi connectivity index (χ3n) is 3.81. The topological polar surface area (TPSA) is 92.3 Å². The minimum absolute atomic E-state index is 0.278. The molecule has 2 rings (SSSR count). The van der Waals surface area contributed by atoms with E-state index < -0.39 is 22.0 Å². The summed E-state index contributed by atoms with van der Waals surface area (Å²) in [4.78, 5) is 12.9. The second-order valence-corrected chi connectivity index (χ2v) is 10.7. The highest BCUT2D eigenvalue weighted by Crippen LogP contribution is 2.29. The van der Waals surface area contributed by atoms with Crippen LogP contribution in [-0.4, -0.2) is 42.6 Å². The Hall–Kier alpha value is -1.36. The predicted molar refractivity (Wildman–Crippen MR) is 117 cm³/mol. The molecule has 0 saturated carbocycles. The van der Waals surface area contributed by atoms with Crippen molar-refractivity contribution in [1.82, 2.24) is 10.2 Å². The van der Waals surface area contributed by atoms with Crippen molar-refractivity contribution in [2.24, 2.45) is 0 Å². The number of amides is 1. The molecule has 0 spiro atoms. The molecule has 28 heavy (non-hydrogen) atoms. The van der Waals surface area contributed by atoms with E-state index in [-0.39, 0.29) is 6.42 Å². The van der Waals surface area contributed by atoms with Gasteiger partial charge in [0.15, 0.2) is 4.34 Å². The van der Waals surface area contributed by atoms with Crippen molar-refractivity contribution in [3.8, 4) is 0 Å². The molecular formula is C17H23ClN4O3S3. The van der Waals surface area contributed by atoms with E-state index in [0.29, 0.717) is 15.8 Å². The zero-order valence-corrected chi connectivity index (χ0v) is 19.3. The van der Waals surface area contributed by atoms with Gasteiger partial charge in [0.1, 0.15) is 6.04 Å². The van der Waals surface area contributed by atoms with Crippen LogP contribution in [-0.2, 0) is 14.8 Å². The van der Waals surface area contributed by atoms with Gasteiger partial charge in [0.25, 0.3) is 0 Å². The number of anilines is 2. The Morgan fingerprint density at radius 2 is 2.07 bits per heavy atom. The highest BCUT2D eigenvalue weighted by molar-refractivity contribution is 8.01. The zero-order valence-electron chi connectivity index (χ0n) is 16.1. The van der Waals surface area contributed by atoms with Gasteiger partial charge in [0.2, 0.25) is 21.1 Å². The summed E-state index contributed by atoms with van der Waals surface area (Å²) in [6.07, 6.45) is 2.36. The molecule has 1 aromatic carbocycles. The molecule has 0 aliphatic heterocycles. The zero-order chi connectivity index (χ0) is 20.9. The molecule has 1 atom stereocenters. The summed E-state index contributed by atoms with van der Waals surface area (Å²) in [6.45, 7) is 5.64. The molecule has 1 aromatic heterocycles. The summed E-state index contributed by atoms with van der Waals surface area (Å²) in [5.41, 5.74) is 1.17. The lowest BCUT2D eigenvalue weighted by Crippen LogP contribution is -2.47. The number of hydrogen-bond acceptors (Lipinski definition) is 7. The molecule has 1 N–H and O–H groups in total. The normalized spacial score (nSPS) is 12.6. The Morgan fingerprint density at radius 1 is 1.36 bits per heavy atom. The van der Waals surface area contributed by atoms with Crippen LogP contribution in [0.1, 0.15) is 32.3 Å². The average molecular weight is 463 g/mol. The molecule has 0 aliphatic rings. The quantitative estimate of drug-likeness (QED) is 0.443.